The van der Waals surface area contributed by atoms with E-state index in [1.54, 1.807) is 0 Å². The molecule has 2 rings (SSSR count). The molecular weight excluding hydrogens is 267 g/mol. The molecule has 0 aromatic heterocycles. The first-order valence-electron chi connectivity index (χ1n) is 6.53. The summed E-state index contributed by atoms with van der Waals surface area (Å²) in [4.78, 5) is 4.96. The summed E-state index contributed by atoms with van der Waals surface area (Å²) < 4.78 is 0. The quantitative estimate of drug-likeness (QED) is 0.768. The molecule has 0 N–H and O–H groups in total. The molecule has 0 aliphatic carbocycles. The molecule has 0 atom stereocenters. The van der Waals surface area contributed by atoms with Gasteiger partial charge in [0.1, 0.15) is 0 Å². The molecule has 0 radical (unpaired) electrons. The Hall–Kier alpha value is -0.280. The van der Waals surface area contributed by atoms with E-state index in [2.05, 4.69) is 21.9 Å². The first-order valence-corrected chi connectivity index (χ1v) is 7.45. The maximum Gasteiger partial charge on any atom is 0.0451 e. The van der Waals surface area contributed by atoms with Crippen LogP contribution in [-0.2, 0) is 6.54 Å². The fourth-order valence-corrected chi connectivity index (χ4v) is 2.64. The van der Waals surface area contributed by atoms with E-state index in [0.717, 1.165) is 56.6 Å². The molecule has 1 heterocycles. The number of nitrogens with zero attached hydrogens (tertiary/aromatic N) is 2. The third-order valence-corrected chi connectivity index (χ3v) is 4.06. The van der Waals surface area contributed by atoms with Gasteiger partial charge in [0.2, 0.25) is 0 Å². The highest BCUT2D eigenvalue weighted by molar-refractivity contribution is 6.31. The summed E-state index contributed by atoms with van der Waals surface area (Å²) in [5.41, 5.74) is 1.23. The first kappa shape index (κ1) is 14.1. The van der Waals surface area contributed by atoms with Gasteiger partial charge in [0, 0.05) is 43.6 Å². The van der Waals surface area contributed by atoms with Crippen LogP contribution >= 0.6 is 23.2 Å². The van der Waals surface area contributed by atoms with Gasteiger partial charge in [-0.3, -0.25) is 4.90 Å². The van der Waals surface area contributed by atoms with Crippen molar-refractivity contribution in [3.05, 3.63) is 34.9 Å². The van der Waals surface area contributed by atoms with Gasteiger partial charge < -0.3 is 4.90 Å². The van der Waals surface area contributed by atoms with E-state index in [1.807, 2.05) is 12.1 Å². The van der Waals surface area contributed by atoms with Crippen LogP contribution in [0.5, 0.6) is 0 Å². The van der Waals surface area contributed by atoms with Gasteiger partial charge in [0.25, 0.3) is 0 Å². The number of hydrogen-bond acceptors (Lipinski definition) is 2. The molecule has 0 bridgehead atoms. The summed E-state index contributed by atoms with van der Waals surface area (Å²) in [6.07, 6.45) is 1.09. The predicted molar refractivity (Wildman–Crippen MR) is 78.5 cm³/mol. The second-order valence-electron chi connectivity index (χ2n) is 4.75. The second-order valence-corrected chi connectivity index (χ2v) is 5.54. The lowest BCUT2D eigenvalue weighted by Crippen LogP contribution is -2.46. The van der Waals surface area contributed by atoms with Crippen LogP contribution in [0.1, 0.15) is 12.0 Å². The normalized spacial score (nSPS) is 18.1. The average Bonchev–Trinajstić information content (AvgIpc) is 2.41. The van der Waals surface area contributed by atoms with Gasteiger partial charge >= 0.3 is 0 Å². The molecule has 0 spiro atoms. The van der Waals surface area contributed by atoms with Crippen LogP contribution in [0.2, 0.25) is 5.02 Å². The number of hydrogen-bond donors (Lipinski definition) is 0. The topological polar surface area (TPSA) is 6.48 Å². The third kappa shape index (κ3) is 4.13. The molecule has 2 nitrogen and oxygen atoms in total. The van der Waals surface area contributed by atoms with Crippen molar-refractivity contribution in [3.63, 3.8) is 0 Å². The second kappa shape index (κ2) is 7.34. The van der Waals surface area contributed by atoms with Gasteiger partial charge in [-0.25, -0.2) is 0 Å². The molecule has 1 aliphatic heterocycles. The van der Waals surface area contributed by atoms with Crippen molar-refractivity contribution in [2.75, 3.05) is 38.6 Å². The minimum atomic E-state index is 0.764. The number of halogens is 2. The van der Waals surface area contributed by atoms with Crippen molar-refractivity contribution in [3.8, 4) is 0 Å². The van der Waals surface area contributed by atoms with Crippen LogP contribution < -0.4 is 0 Å². The van der Waals surface area contributed by atoms with Crippen molar-refractivity contribution in [2.45, 2.75) is 13.0 Å². The van der Waals surface area contributed by atoms with Crippen molar-refractivity contribution in [1.29, 1.82) is 0 Å². The van der Waals surface area contributed by atoms with Crippen LogP contribution in [0.3, 0.4) is 0 Å². The number of piperazine rings is 1. The summed E-state index contributed by atoms with van der Waals surface area (Å²) in [7, 11) is 0. The highest BCUT2D eigenvalue weighted by Crippen LogP contribution is 2.17. The molecule has 0 amide bonds. The largest absolute Gasteiger partial charge is 0.301 e. The van der Waals surface area contributed by atoms with Crippen LogP contribution in [0.4, 0.5) is 0 Å². The average molecular weight is 287 g/mol. The van der Waals surface area contributed by atoms with Crippen LogP contribution in [0.25, 0.3) is 0 Å². The maximum absolute atomic E-state index is 6.19. The Morgan fingerprint density at radius 2 is 1.67 bits per heavy atom. The number of benzene rings is 1. The van der Waals surface area contributed by atoms with E-state index >= 15 is 0 Å². The van der Waals surface area contributed by atoms with Gasteiger partial charge in [-0.05, 0) is 24.6 Å². The zero-order chi connectivity index (χ0) is 12.8. The Morgan fingerprint density at radius 3 is 2.33 bits per heavy atom. The minimum absolute atomic E-state index is 0.764. The zero-order valence-corrected chi connectivity index (χ0v) is 12.1. The van der Waals surface area contributed by atoms with E-state index in [-0.39, 0.29) is 0 Å². The molecule has 0 saturated carbocycles. The van der Waals surface area contributed by atoms with Crippen molar-refractivity contribution < 1.29 is 0 Å². The van der Waals surface area contributed by atoms with E-state index in [9.17, 15) is 0 Å². The molecule has 18 heavy (non-hydrogen) atoms. The number of rotatable bonds is 5. The Bertz CT molecular complexity index is 363. The Kier molecular flexibility index (Phi) is 5.77. The predicted octanol–water partition coefficient (Wildman–Crippen LogP) is 3.09. The fourth-order valence-electron chi connectivity index (χ4n) is 2.32. The molecule has 1 aliphatic rings. The highest BCUT2D eigenvalue weighted by atomic mass is 35.5. The molecule has 0 unspecified atom stereocenters. The summed E-state index contributed by atoms with van der Waals surface area (Å²) in [6.45, 7) is 6.61. The Balaban J connectivity index is 1.78. The van der Waals surface area contributed by atoms with E-state index in [1.165, 1.54) is 5.56 Å². The summed E-state index contributed by atoms with van der Waals surface area (Å²) in [6, 6.07) is 8.11. The molecular formula is C14H20Cl2N2. The van der Waals surface area contributed by atoms with Crippen molar-refractivity contribution in [2.24, 2.45) is 0 Å². The summed E-state index contributed by atoms with van der Waals surface area (Å²) in [5.74, 6) is 0.764. The van der Waals surface area contributed by atoms with E-state index in [0.29, 0.717) is 0 Å². The van der Waals surface area contributed by atoms with Crippen LogP contribution in [0, 0.1) is 0 Å². The van der Waals surface area contributed by atoms with Crippen LogP contribution in [-0.4, -0.2) is 48.4 Å². The molecule has 1 aromatic carbocycles. The van der Waals surface area contributed by atoms with Gasteiger partial charge in [-0.1, -0.05) is 29.8 Å². The maximum atomic E-state index is 6.19. The lowest BCUT2D eigenvalue weighted by Gasteiger charge is -2.34. The molecule has 1 fully saturated rings. The molecule has 1 aromatic rings. The fraction of sp³-hybridized carbons (Fsp3) is 0.571. The third-order valence-electron chi connectivity index (χ3n) is 3.42. The number of alkyl halides is 1. The molecule has 4 heteroatoms. The Morgan fingerprint density at radius 1 is 1.00 bits per heavy atom. The van der Waals surface area contributed by atoms with E-state index in [4.69, 9.17) is 23.2 Å². The zero-order valence-electron chi connectivity index (χ0n) is 10.6. The van der Waals surface area contributed by atoms with Gasteiger partial charge in [-0.2, -0.15) is 0 Å². The Labute approximate surface area is 119 Å². The standard InChI is InChI=1S/C14H20Cl2N2/c15-6-3-7-17-8-10-18(11-9-17)12-13-4-1-2-5-14(13)16/h1-2,4-5H,3,6-12H2. The van der Waals surface area contributed by atoms with Gasteiger partial charge in [0.15, 0.2) is 0 Å². The lowest BCUT2D eigenvalue weighted by atomic mass is 10.2. The van der Waals surface area contributed by atoms with Crippen molar-refractivity contribution in [1.82, 2.24) is 9.80 Å². The first-order chi connectivity index (χ1) is 8.79. The molecule has 1 saturated heterocycles. The molecule has 100 valence electrons. The summed E-state index contributed by atoms with van der Waals surface area (Å²) >= 11 is 11.9. The van der Waals surface area contributed by atoms with E-state index < -0.39 is 0 Å². The summed E-state index contributed by atoms with van der Waals surface area (Å²) in [5, 5.41) is 0.877. The van der Waals surface area contributed by atoms with Crippen molar-refractivity contribution >= 4 is 23.2 Å². The SMILES string of the molecule is ClCCCN1CCN(Cc2ccccc2Cl)CC1. The minimum Gasteiger partial charge on any atom is -0.301 e. The lowest BCUT2D eigenvalue weighted by molar-refractivity contribution is 0.127. The highest BCUT2D eigenvalue weighted by Gasteiger charge is 2.16. The van der Waals surface area contributed by atoms with Crippen LogP contribution in [0.15, 0.2) is 24.3 Å². The van der Waals surface area contributed by atoms with Gasteiger partial charge in [0.05, 0.1) is 0 Å². The monoisotopic (exact) mass is 286 g/mol. The van der Waals surface area contributed by atoms with Gasteiger partial charge in [-0.15, -0.1) is 11.6 Å². The smallest absolute Gasteiger partial charge is 0.0451 e.